The summed E-state index contributed by atoms with van der Waals surface area (Å²) in [7, 11) is 1.51. The summed E-state index contributed by atoms with van der Waals surface area (Å²) in [5.41, 5.74) is 1.62. The number of nitrogens with zero attached hydrogens (tertiary/aromatic N) is 1. The highest BCUT2D eigenvalue weighted by atomic mass is 79.9. The van der Waals surface area contributed by atoms with Gasteiger partial charge in [0.15, 0.2) is 11.5 Å². The molecular formula is C20H16BrNO6S. The number of carbonyl (C=O) groups is 3. The van der Waals surface area contributed by atoms with Gasteiger partial charge in [-0.15, -0.1) is 0 Å². The molecule has 0 radical (unpaired) electrons. The van der Waals surface area contributed by atoms with Crippen LogP contribution in [-0.4, -0.2) is 40.8 Å². The summed E-state index contributed by atoms with van der Waals surface area (Å²) >= 11 is 4.09. The molecule has 2 aromatic rings. The van der Waals surface area contributed by atoms with Crippen LogP contribution in [0.15, 0.2) is 51.8 Å². The lowest BCUT2D eigenvalue weighted by Gasteiger charge is -2.12. The predicted octanol–water partition coefficient (Wildman–Crippen LogP) is 4.16. The SMILES string of the molecule is COc1cc(/C=C2/SC(=O)N(CC(=O)O)C2=O)ccc1OCc1ccc(Br)cc1. The number of hydrogen-bond donors (Lipinski definition) is 1. The van der Waals surface area contributed by atoms with Gasteiger partial charge < -0.3 is 14.6 Å². The zero-order valence-corrected chi connectivity index (χ0v) is 17.7. The first-order valence-electron chi connectivity index (χ1n) is 8.40. The van der Waals surface area contributed by atoms with Gasteiger partial charge in [0, 0.05) is 4.47 Å². The summed E-state index contributed by atoms with van der Waals surface area (Å²) in [6, 6.07) is 12.9. The lowest BCUT2D eigenvalue weighted by molar-refractivity contribution is -0.140. The first-order chi connectivity index (χ1) is 13.9. The molecule has 1 saturated heterocycles. The number of hydrogen-bond acceptors (Lipinski definition) is 6. The zero-order valence-electron chi connectivity index (χ0n) is 15.3. The van der Waals surface area contributed by atoms with E-state index in [1.54, 1.807) is 18.2 Å². The molecule has 0 saturated carbocycles. The van der Waals surface area contributed by atoms with E-state index in [2.05, 4.69) is 15.9 Å². The van der Waals surface area contributed by atoms with Crippen molar-refractivity contribution in [3.8, 4) is 11.5 Å². The van der Waals surface area contributed by atoms with Crippen molar-refractivity contribution in [2.75, 3.05) is 13.7 Å². The molecule has 0 aromatic heterocycles. The summed E-state index contributed by atoms with van der Waals surface area (Å²) < 4.78 is 12.2. The number of aliphatic carboxylic acids is 1. The highest BCUT2D eigenvalue weighted by molar-refractivity contribution is 9.10. The largest absolute Gasteiger partial charge is 0.493 e. The van der Waals surface area contributed by atoms with Crippen molar-refractivity contribution >= 4 is 50.9 Å². The number of ether oxygens (including phenoxy) is 2. The van der Waals surface area contributed by atoms with E-state index < -0.39 is 23.7 Å². The molecule has 9 heteroatoms. The van der Waals surface area contributed by atoms with Gasteiger partial charge in [-0.3, -0.25) is 19.3 Å². The van der Waals surface area contributed by atoms with Crippen LogP contribution >= 0.6 is 27.7 Å². The van der Waals surface area contributed by atoms with Crippen LogP contribution in [0.1, 0.15) is 11.1 Å². The molecule has 1 heterocycles. The maximum absolute atomic E-state index is 12.3. The average Bonchev–Trinajstić information content (AvgIpc) is 2.95. The predicted molar refractivity (Wildman–Crippen MR) is 112 cm³/mol. The number of benzene rings is 2. The van der Waals surface area contributed by atoms with Crippen molar-refractivity contribution in [3.05, 3.63) is 63.0 Å². The number of carboxylic acids is 1. The second-order valence-electron chi connectivity index (χ2n) is 5.99. The molecule has 2 aromatic carbocycles. The molecule has 3 rings (SSSR count). The van der Waals surface area contributed by atoms with Crippen molar-refractivity contribution in [2.24, 2.45) is 0 Å². The molecule has 2 amide bonds. The Bertz CT molecular complexity index is 989. The number of halogens is 1. The summed E-state index contributed by atoms with van der Waals surface area (Å²) in [5, 5.41) is 8.22. The highest BCUT2D eigenvalue weighted by Crippen LogP contribution is 2.34. The number of imide groups is 1. The Morgan fingerprint density at radius 2 is 1.90 bits per heavy atom. The maximum atomic E-state index is 12.3. The molecule has 1 fully saturated rings. The lowest BCUT2D eigenvalue weighted by atomic mass is 10.1. The van der Waals surface area contributed by atoms with Crippen molar-refractivity contribution in [2.45, 2.75) is 6.61 Å². The Morgan fingerprint density at radius 1 is 1.17 bits per heavy atom. The minimum atomic E-state index is -1.25. The van der Waals surface area contributed by atoms with E-state index in [1.807, 2.05) is 24.3 Å². The van der Waals surface area contributed by atoms with Gasteiger partial charge in [-0.2, -0.15) is 0 Å². The Kier molecular flexibility index (Phi) is 6.60. The van der Waals surface area contributed by atoms with Crippen LogP contribution in [0.2, 0.25) is 0 Å². The normalized spacial score (nSPS) is 15.1. The monoisotopic (exact) mass is 477 g/mol. The van der Waals surface area contributed by atoms with Crippen molar-refractivity contribution < 1.29 is 29.0 Å². The van der Waals surface area contributed by atoms with E-state index in [0.717, 1.165) is 10.0 Å². The summed E-state index contributed by atoms with van der Waals surface area (Å²) in [6.45, 7) is -0.300. The lowest BCUT2D eigenvalue weighted by Crippen LogP contribution is -2.33. The van der Waals surface area contributed by atoms with E-state index in [0.29, 0.717) is 40.3 Å². The molecule has 7 nitrogen and oxygen atoms in total. The van der Waals surface area contributed by atoms with Gasteiger partial charge in [-0.25, -0.2) is 0 Å². The smallest absolute Gasteiger partial charge is 0.323 e. The van der Waals surface area contributed by atoms with Crippen molar-refractivity contribution in [3.63, 3.8) is 0 Å². The van der Waals surface area contributed by atoms with Crippen molar-refractivity contribution in [1.82, 2.24) is 4.90 Å². The Morgan fingerprint density at radius 3 is 2.55 bits per heavy atom. The van der Waals surface area contributed by atoms with Crippen LogP contribution in [0, 0.1) is 0 Å². The van der Waals surface area contributed by atoms with E-state index in [1.165, 1.54) is 13.2 Å². The van der Waals surface area contributed by atoms with Gasteiger partial charge in [0.25, 0.3) is 11.1 Å². The second-order valence-corrected chi connectivity index (χ2v) is 7.90. The molecule has 0 atom stereocenters. The van der Waals surface area contributed by atoms with Crippen LogP contribution < -0.4 is 9.47 Å². The minimum Gasteiger partial charge on any atom is -0.493 e. The molecule has 0 unspecified atom stereocenters. The van der Waals surface area contributed by atoms with E-state index in [4.69, 9.17) is 14.6 Å². The molecule has 150 valence electrons. The fourth-order valence-electron chi connectivity index (χ4n) is 2.56. The minimum absolute atomic E-state index is 0.154. The van der Waals surface area contributed by atoms with Crippen molar-refractivity contribution in [1.29, 1.82) is 0 Å². The maximum Gasteiger partial charge on any atom is 0.323 e. The molecule has 0 aliphatic carbocycles. The van der Waals surface area contributed by atoms with Gasteiger partial charge in [-0.1, -0.05) is 34.1 Å². The van der Waals surface area contributed by atoms with Crippen LogP contribution in [0.4, 0.5) is 4.79 Å². The third kappa shape index (κ3) is 5.18. The number of rotatable bonds is 7. The fourth-order valence-corrected chi connectivity index (χ4v) is 3.66. The Balaban J connectivity index is 1.75. The summed E-state index contributed by atoms with van der Waals surface area (Å²) in [6.07, 6.45) is 1.52. The van der Waals surface area contributed by atoms with Gasteiger partial charge in [-0.05, 0) is 53.2 Å². The first-order valence-corrected chi connectivity index (χ1v) is 10.0. The number of thioether (sulfide) groups is 1. The van der Waals surface area contributed by atoms with Crippen LogP contribution in [-0.2, 0) is 16.2 Å². The van der Waals surface area contributed by atoms with Crippen LogP contribution in [0.3, 0.4) is 0 Å². The van der Waals surface area contributed by atoms with Crippen LogP contribution in [0.5, 0.6) is 11.5 Å². The third-order valence-electron chi connectivity index (χ3n) is 3.96. The Hall–Kier alpha value is -2.78. The molecule has 0 spiro atoms. The molecule has 0 bridgehead atoms. The van der Waals surface area contributed by atoms with Gasteiger partial charge >= 0.3 is 5.97 Å². The second kappa shape index (κ2) is 9.15. The molecule has 1 aliphatic heterocycles. The average molecular weight is 478 g/mol. The number of carboxylic acid groups (broad SMARTS) is 1. The number of methoxy groups -OCH3 is 1. The number of amides is 2. The topological polar surface area (TPSA) is 93.1 Å². The molecule has 1 aliphatic rings. The highest BCUT2D eigenvalue weighted by Gasteiger charge is 2.36. The van der Waals surface area contributed by atoms with Gasteiger partial charge in [0.2, 0.25) is 0 Å². The Labute approximate surface area is 179 Å². The van der Waals surface area contributed by atoms with Crippen LogP contribution in [0.25, 0.3) is 6.08 Å². The first kappa shape index (κ1) is 20.9. The quantitative estimate of drug-likeness (QED) is 0.598. The van der Waals surface area contributed by atoms with E-state index >= 15 is 0 Å². The van der Waals surface area contributed by atoms with Gasteiger partial charge in [0.05, 0.1) is 12.0 Å². The number of carbonyl (C=O) groups excluding carboxylic acids is 2. The standard InChI is InChI=1S/C20H16BrNO6S/c1-27-16-8-13(9-17-19(25)22(10-18(23)24)20(26)29-17)4-7-15(16)28-11-12-2-5-14(21)6-3-12/h2-9H,10-11H2,1H3,(H,23,24)/b17-9+. The zero-order chi connectivity index (χ0) is 21.0. The fraction of sp³-hybridized carbons (Fsp3) is 0.150. The van der Waals surface area contributed by atoms with Gasteiger partial charge in [0.1, 0.15) is 13.2 Å². The summed E-state index contributed by atoms with van der Waals surface area (Å²) in [5.74, 6) is -0.869. The van der Waals surface area contributed by atoms with E-state index in [9.17, 15) is 14.4 Å². The third-order valence-corrected chi connectivity index (χ3v) is 5.40. The van der Waals surface area contributed by atoms with E-state index in [-0.39, 0.29) is 4.91 Å². The molecule has 29 heavy (non-hydrogen) atoms. The molecule has 1 N–H and O–H groups in total. The summed E-state index contributed by atoms with van der Waals surface area (Å²) in [4.78, 5) is 35.8. The molecular weight excluding hydrogens is 462 g/mol.